The number of amides is 1. The summed E-state index contributed by atoms with van der Waals surface area (Å²) in [5.41, 5.74) is 3.33. The number of piperidine rings is 1. The first kappa shape index (κ1) is 17.9. The van der Waals surface area contributed by atoms with Gasteiger partial charge in [-0.1, -0.05) is 22.0 Å². The van der Waals surface area contributed by atoms with Crippen molar-refractivity contribution < 1.29 is 4.79 Å². The molecule has 6 heteroatoms. The van der Waals surface area contributed by atoms with Crippen molar-refractivity contribution in [1.82, 2.24) is 14.9 Å². The van der Waals surface area contributed by atoms with E-state index < -0.39 is 0 Å². The van der Waals surface area contributed by atoms with E-state index in [1.807, 2.05) is 41.4 Å². The second-order valence-corrected chi connectivity index (χ2v) is 8.64. The van der Waals surface area contributed by atoms with Crippen LogP contribution in [0.25, 0.3) is 11.0 Å². The molecule has 0 radical (unpaired) electrons. The van der Waals surface area contributed by atoms with Crippen LogP contribution in [0.3, 0.4) is 0 Å². The highest BCUT2D eigenvalue weighted by molar-refractivity contribution is 9.10. The number of halogens is 1. The Balaban J connectivity index is 1.26. The van der Waals surface area contributed by atoms with Crippen LogP contribution in [-0.4, -0.2) is 46.5 Å². The molecular formula is C22H23BrN4O. The minimum Gasteiger partial charge on any atom is -0.346 e. The summed E-state index contributed by atoms with van der Waals surface area (Å²) in [7, 11) is 0. The standard InChI is InChI=1S/C22H23BrN4O/c23-16-3-1-4-17(13-16)27-12-8-20(22(27)28)26-10-6-15(7-11-26)19-14-25-21-18(19)5-2-9-24-21/h1-5,9,13-15,20H,6-8,10-12H2,(H,24,25). The molecule has 0 bridgehead atoms. The second-order valence-electron chi connectivity index (χ2n) is 7.73. The fraction of sp³-hybridized carbons (Fsp3) is 0.364. The number of likely N-dealkylation sites (tertiary alicyclic amines) is 1. The summed E-state index contributed by atoms with van der Waals surface area (Å²) in [6.07, 6.45) is 7.03. The maximum atomic E-state index is 13.1. The number of nitrogens with one attached hydrogen (secondary N) is 1. The summed E-state index contributed by atoms with van der Waals surface area (Å²) in [6.45, 7) is 2.74. The van der Waals surface area contributed by atoms with Gasteiger partial charge in [0.05, 0.1) is 6.04 Å². The zero-order valence-electron chi connectivity index (χ0n) is 15.6. The Bertz CT molecular complexity index is 1010. The number of pyridine rings is 1. The highest BCUT2D eigenvalue weighted by atomic mass is 79.9. The molecule has 5 nitrogen and oxygen atoms in total. The molecule has 2 saturated heterocycles. The third-order valence-corrected chi connectivity index (χ3v) is 6.68. The number of nitrogens with zero attached hydrogens (tertiary/aromatic N) is 3. The third-order valence-electron chi connectivity index (χ3n) is 6.19. The van der Waals surface area contributed by atoms with Crippen LogP contribution in [0.1, 0.15) is 30.7 Å². The lowest BCUT2D eigenvalue weighted by molar-refractivity contribution is -0.122. The number of hydrogen-bond acceptors (Lipinski definition) is 3. The highest BCUT2D eigenvalue weighted by Crippen LogP contribution is 2.35. The summed E-state index contributed by atoms with van der Waals surface area (Å²) in [6, 6.07) is 12.2. The van der Waals surface area contributed by atoms with Gasteiger partial charge in [-0.15, -0.1) is 0 Å². The molecule has 1 N–H and O–H groups in total. The van der Waals surface area contributed by atoms with Gasteiger partial charge in [-0.25, -0.2) is 4.98 Å². The molecule has 3 aromatic rings. The molecule has 0 aliphatic carbocycles. The summed E-state index contributed by atoms with van der Waals surface area (Å²) < 4.78 is 1.01. The molecule has 144 valence electrons. The first-order valence-corrected chi connectivity index (χ1v) is 10.7. The number of fused-ring (bicyclic) bond motifs is 1. The van der Waals surface area contributed by atoms with Crippen LogP contribution in [0.15, 0.2) is 53.3 Å². The van der Waals surface area contributed by atoms with Crippen LogP contribution in [0.2, 0.25) is 0 Å². The number of anilines is 1. The van der Waals surface area contributed by atoms with Crippen LogP contribution in [0.4, 0.5) is 5.69 Å². The minimum absolute atomic E-state index is 0.0181. The average Bonchev–Trinajstić information content (AvgIpc) is 3.32. The maximum Gasteiger partial charge on any atom is 0.244 e. The van der Waals surface area contributed by atoms with Gasteiger partial charge in [0, 0.05) is 34.5 Å². The summed E-state index contributed by atoms with van der Waals surface area (Å²) >= 11 is 3.51. The predicted octanol–water partition coefficient (Wildman–Crippen LogP) is 4.31. The molecule has 1 amide bonds. The first-order valence-electron chi connectivity index (χ1n) is 9.94. The van der Waals surface area contributed by atoms with E-state index in [2.05, 4.69) is 43.1 Å². The van der Waals surface area contributed by atoms with E-state index >= 15 is 0 Å². The second kappa shape index (κ2) is 7.33. The lowest BCUT2D eigenvalue weighted by Gasteiger charge is -2.35. The van der Waals surface area contributed by atoms with Crippen LogP contribution in [-0.2, 0) is 4.79 Å². The number of carbonyl (C=O) groups excluding carboxylic acids is 1. The van der Waals surface area contributed by atoms with Gasteiger partial charge < -0.3 is 9.88 Å². The van der Waals surface area contributed by atoms with Gasteiger partial charge in [-0.05, 0) is 74.2 Å². The molecule has 2 aliphatic heterocycles. The van der Waals surface area contributed by atoms with Crippen molar-refractivity contribution in [3.63, 3.8) is 0 Å². The zero-order chi connectivity index (χ0) is 19.1. The molecule has 2 aromatic heterocycles. The first-order chi connectivity index (χ1) is 13.7. The monoisotopic (exact) mass is 438 g/mol. The zero-order valence-corrected chi connectivity index (χ0v) is 17.2. The molecule has 1 aromatic carbocycles. The average molecular weight is 439 g/mol. The summed E-state index contributed by atoms with van der Waals surface area (Å²) in [4.78, 5) is 25.1. The summed E-state index contributed by atoms with van der Waals surface area (Å²) in [5, 5.41) is 1.23. The van der Waals surface area contributed by atoms with Crippen molar-refractivity contribution in [2.24, 2.45) is 0 Å². The van der Waals surface area contributed by atoms with E-state index in [0.717, 1.165) is 54.7 Å². The number of aromatic amines is 1. The molecule has 2 aliphatic rings. The molecule has 0 saturated carbocycles. The topological polar surface area (TPSA) is 52.2 Å². The number of benzene rings is 1. The van der Waals surface area contributed by atoms with Crippen molar-refractivity contribution >= 4 is 38.6 Å². The molecule has 2 fully saturated rings. The van der Waals surface area contributed by atoms with Gasteiger partial charge in [-0.3, -0.25) is 9.69 Å². The molecule has 0 spiro atoms. The molecular weight excluding hydrogens is 416 g/mol. The lowest BCUT2D eigenvalue weighted by atomic mass is 9.89. The lowest BCUT2D eigenvalue weighted by Crippen LogP contribution is -2.45. The van der Waals surface area contributed by atoms with Crippen molar-refractivity contribution in [3.05, 3.63) is 58.8 Å². The molecule has 1 atom stereocenters. The SMILES string of the molecule is O=C1C(N2CCC(c3c[nH]c4ncccc34)CC2)CCN1c1cccc(Br)c1. The van der Waals surface area contributed by atoms with Crippen molar-refractivity contribution in [1.29, 1.82) is 0 Å². The largest absolute Gasteiger partial charge is 0.346 e. The number of H-pyrrole nitrogens is 1. The van der Waals surface area contributed by atoms with Crippen LogP contribution in [0.5, 0.6) is 0 Å². The van der Waals surface area contributed by atoms with Gasteiger partial charge in [0.15, 0.2) is 0 Å². The minimum atomic E-state index is 0.0181. The van der Waals surface area contributed by atoms with Gasteiger partial charge in [0.1, 0.15) is 5.65 Å². The van der Waals surface area contributed by atoms with Crippen LogP contribution in [0, 0.1) is 0 Å². The van der Waals surface area contributed by atoms with Crippen LogP contribution >= 0.6 is 15.9 Å². The Morgan fingerprint density at radius 2 is 1.93 bits per heavy atom. The third kappa shape index (κ3) is 3.14. The molecule has 5 rings (SSSR count). The fourth-order valence-electron chi connectivity index (χ4n) is 4.74. The van der Waals surface area contributed by atoms with Crippen molar-refractivity contribution in [3.8, 4) is 0 Å². The van der Waals surface area contributed by atoms with Gasteiger partial charge in [0.25, 0.3) is 0 Å². The maximum absolute atomic E-state index is 13.1. The Morgan fingerprint density at radius 1 is 1.07 bits per heavy atom. The normalized spacial score (nSPS) is 21.7. The molecule has 1 unspecified atom stereocenters. The number of rotatable bonds is 3. The fourth-order valence-corrected chi connectivity index (χ4v) is 5.13. The van der Waals surface area contributed by atoms with E-state index in [1.165, 1.54) is 10.9 Å². The van der Waals surface area contributed by atoms with E-state index in [4.69, 9.17) is 0 Å². The Morgan fingerprint density at radius 3 is 2.75 bits per heavy atom. The Kier molecular flexibility index (Phi) is 4.69. The quantitative estimate of drug-likeness (QED) is 0.662. The van der Waals surface area contributed by atoms with E-state index in [-0.39, 0.29) is 11.9 Å². The number of aromatic nitrogens is 2. The Labute approximate surface area is 172 Å². The van der Waals surface area contributed by atoms with E-state index in [1.54, 1.807) is 0 Å². The smallest absolute Gasteiger partial charge is 0.244 e. The predicted molar refractivity (Wildman–Crippen MR) is 115 cm³/mol. The van der Waals surface area contributed by atoms with Gasteiger partial charge in [0.2, 0.25) is 5.91 Å². The molecule has 28 heavy (non-hydrogen) atoms. The number of carbonyl (C=O) groups is 1. The van der Waals surface area contributed by atoms with E-state index in [9.17, 15) is 4.79 Å². The van der Waals surface area contributed by atoms with Crippen LogP contribution < -0.4 is 4.90 Å². The summed E-state index contributed by atoms with van der Waals surface area (Å²) in [5.74, 6) is 0.778. The number of hydrogen-bond donors (Lipinski definition) is 1. The van der Waals surface area contributed by atoms with Gasteiger partial charge in [-0.2, -0.15) is 0 Å². The van der Waals surface area contributed by atoms with Crippen molar-refractivity contribution in [2.45, 2.75) is 31.2 Å². The van der Waals surface area contributed by atoms with Crippen molar-refractivity contribution in [2.75, 3.05) is 24.5 Å². The van der Waals surface area contributed by atoms with Gasteiger partial charge >= 0.3 is 0 Å². The molecule has 4 heterocycles. The van der Waals surface area contributed by atoms with E-state index in [0.29, 0.717) is 5.92 Å². The Hall–Kier alpha value is -2.18. The highest BCUT2D eigenvalue weighted by Gasteiger charge is 2.38.